The van der Waals surface area contributed by atoms with E-state index < -0.39 is 15.9 Å². The number of aryl methyl sites for hydroxylation is 1. The normalized spacial score (nSPS) is 11.8. The van der Waals surface area contributed by atoms with E-state index in [0.717, 1.165) is 12.2 Å². The van der Waals surface area contributed by atoms with Crippen molar-refractivity contribution in [1.82, 2.24) is 0 Å². The van der Waals surface area contributed by atoms with Gasteiger partial charge in [-0.25, -0.2) is 0 Å². The van der Waals surface area contributed by atoms with Gasteiger partial charge in [-0.3, -0.25) is 4.55 Å². The van der Waals surface area contributed by atoms with E-state index in [4.69, 9.17) is 42.4 Å². The summed E-state index contributed by atoms with van der Waals surface area (Å²) in [7, 11) is -3.98. The zero-order valence-corrected chi connectivity index (χ0v) is 27.0. The summed E-state index contributed by atoms with van der Waals surface area (Å²) in [4.78, 5) is 0. The Morgan fingerprint density at radius 3 is 1.40 bits per heavy atom. The van der Waals surface area contributed by atoms with E-state index in [-0.39, 0.29) is 13.2 Å². The van der Waals surface area contributed by atoms with Gasteiger partial charge in [0.05, 0.1) is 98.2 Å². The second-order valence-electron chi connectivity index (χ2n) is 9.90. The minimum atomic E-state index is -3.98. The Labute approximate surface area is 259 Å². The number of para-hydroxylation sites is 1. The quantitative estimate of drug-likeness (QED) is 0.0873. The van der Waals surface area contributed by atoms with Gasteiger partial charge in [0.2, 0.25) is 0 Å². The lowest BCUT2D eigenvalue weighted by molar-refractivity contribution is -0.0208. The van der Waals surface area contributed by atoms with Gasteiger partial charge < -0.3 is 37.9 Å². The predicted molar refractivity (Wildman–Crippen MR) is 166 cm³/mol. The van der Waals surface area contributed by atoms with Crippen LogP contribution in [0.2, 0.25) is 0 Å². The summed E-state index contributed by atoms with van der Waals surface area (Å²) in [6, 6.07) is 8.30. The molecule has 0 aliphatic carbocycles. The van der Waals surface area contributed by atoms with E-state index in [9.17, 15) is 8.42 Å². The SMILES string of the molecule is CCCCCCCCCc1ccccc1OCCOCCOCCOCCOCCOCCOCCOCCS(=O)(=O)O. The molecule has 1 rings (SSSR count). The monoisotopic (exact) mass is 636 g/mol. The van der Waals surface area contributed by atoms with E-state index in [1.165, 1.54) is 50.5 Å². The molecule has 0 atom stereocenters. The molecule has 0 aliphatic rings. The first kappa shape index (κ1) is 39.7. The molecule has 0 aromatic heterocycles. The fraction of sp³-hybridized carbons (Fsp3) is 0.806. The Kier molecular flexibility index (Phi) is 27.1. The highest BCUT2D eigenvalue weighted by atomic mass is 32.2. The first-order chi connectivity index (χ1) is 21.0. The first-order valence-electron chi connectivity index (χ1n) is 15.7. The fourth-order valence-corrected chi connectivity index (χ4v) is 4.25. The van der Waals surface area contributed by atoms with Gasteiger partial charge in [-0.05, 0) is 24.5 Å². The van der Waals surface area contributed by atoms with E-state index in [1.807, 2.05) is 12.1 Å². The summed E-state index contributed by atoms with van der Waals surface area (Å²) in [6.45, 7) is 8.54. The van der Waals surface area contributed by atoms with Crippen LogP contribution in [0.1, 0.15) is 57.4 Å². The van der Waals surface area contributed by atoms with Crippen molar-refractivity contribution in [2.75, 3.05) is 105 Å². The van der Waals surface area contributed by atoms with Gasteiger partial charge in [0.1, 0.15) is 12.4 Å². The summed E-state index contributed by atoms with van der Waals surface area (Å²) in [6.07, 6.45) is 10.2. The molecular formula is C31H56O11S. The number of hydrogen-bond acceptors (Lipinski definition) is 10. The number of rotatable bonds is 33. The molecule has 1 aromatic carbocycles. The van der Waals surface area contributed by atoms with Crippen LogP contribution in [0.15, 0.2) is 24.3 Å². The van der Waals surface area contributed by atoms with Crippen LogP contribution < -0.4 is 4.74 Å². The summed E-state index contributed by atoms with van der Waals surface area (Å²) in [5, 5.41) is 0. The summed E-state index contributed by atoms with van der Waals surface area (Å²) in [5.41, 5.74) is 1.28. The van der Waals surface area contributed by atoms with Crippen LogP contribution in [0.25, 0.3) is 0 Å². The van der Waals surface area contributed by atoms with E-state index in [1.54, 1.807) is 0 Å². The van der Waals surface area contributed by atoms with Crippen LogP contribution in [-0.4, -0.2) is 118 Å². The predicted octanol–water partition coefficient (Wildman–Crippen LogP) is 4.36. The van der Waals surface area contributed by atoms with Crippen LogP contribution in [-0.2, 0) is 49.7 Å². The molecule has 0 spiro atoms. The van der Waals surface area contributed by atoms with Crippen LogP contribution in [0.3, 0.4) is 0 Å². The Morgan fingerprint density at radius 1 is 0.535 bits per heavy atom. The molecule has 0 saturated heterocycles. The van der Waals surface area contributed by atoms with Crippen molar-refractivity contribution in [1.29, 1.82) is 0 Å². The third kappa shape index (κ3) is 27.9. The van der Waals surface area contributed by atoms with Gasteiger partial charge in [0, 0.05) is 0 Å². The minimum Gasteiger partial charge on any atom is -0.491 e. The highest BCUT2D eigenvalue weighted by molar-refractivity contribution is 7.85. The number of ether oxygens (including phenoxy) is 8. The summed E-state index contributed by atoms with van der Waals surface area (Å²) < 4.78 is 73.4. The van der Waals surface area contributed by atoms with Crippen molar-refractivity contribution in [3.8, 4) is 5.75 Å². The Bertz CT molecular complexity index is 839. The molecule has 1 aromatic rings. The highest BCUT2D eigenvalue weighted by Gasteiger charge is 2.04. The molecule has 0 amide bonds. The molecule has 0 radical (unpaired) electrons. The molecule has 0 heterocycles. The van der Waals surface area contributed by atoms with Crippen molar-refractivity contribution < 1.29 is 50.9 Å². The maximum absolute atomic E-state index is 10.5. The van der Waals surface area contributed by atoms with Crippen molar-refractivity contribution in [3.63, 3.8) is 0 Å². The van der Waals surface area contributed by atoms with E-state index in [0.29, 0.717) is 85.9 Å². The van der Waals surface area contributed by atoms with Gasteiger partial charge in [-0.2, -0.15) is 8.42 Å². The lowest BCUT2D eigenvalue weighted by atomic mass is 10.0. The number of benzene rings is 1. The van der Waals surface area contributed by atoms with Crippen molar-refractivity contribution in [3.05, 3.63) is 29.8 Å². The molecule has 1 N–H and O–H groups in total. The van der Waals surface area contributed by atoms with Gasteiger partial charge in [0.15, 0.2) is 0 Å². The molecule has 0 bridgehead atoms. The standard InChI is InChI=1S/C31H56O11S/c1-2-3-4-5-6-7-8-11-30-12-9-10-13-31(30)42-27-26-40-23-22-38-19-18-36-15-14-35-16-17-37-20-21-39-24-25-41-28-29-43(32,33)34/h9-10,12-13H,2-8,11,14-29H2,1H3,(H,32,33,34). The van der Waals surface area contributed by atoms with Crippen molar-refractivity contribution >= 4 is 10.1 Å². The van der Waals surface area contributed by atoms with Crippen LogP contribution in [0.4, 0.5) is 0 Å². The number of hydrogen-bond donors (Lipinski definition) is 1. The smallest absolute Gasteiger partial charge is 0.267 e. The van der Waals surface area contributed by atoms with Crippen LogP contribution in [0.5, 0.6) is 5.75 Å². The summed E-state index contributed by atoms with van der Waals surface area (Å²) in [5.74, 6) is 0.544. The maximum Gasteiger partial charge on any atom is 0.267 e. The van der Waals surface area contributed by atoms with Crippen LogP contribution >= 0.6 is 0 Å². The summed E-state index contributed by atoms with van der Waals surface area (Å²) >= 11 is 0. The fourth-order valence-electron chi connectivity index (χ4n) is 3.92. The molecule has 0 aliphatic heterocycles. The minimum absolute atomic E-state index is 0.0616. The van der Waals surface area contributed by atoms with E-state index in [2.05, 4.69) is 19.1 Å². The first-order valence-corrected chi connectivity index (χ1v) is 17.3. The molecule has 11 nitrogen and oxygen atoms in total. The second-order valence-corrected chi connectivity index (χ2v) is 11.5. The molecule has 12 heteroatoms. The third-order valence-corrected chi connectivity index (χ3v) is 6.91. The van der Waals surface area contributed by atoms with Gasteiger partial charge in [-0.1, -0.05) is 63.6 Å². The maximum atomic E-state index is 10.5. The topological polar surface area (TPSA) is 128 Å². The Hall–Kier alpha value is -1.35. The molecular weight excluding hydrogens is 580 g/mol. The largest absolute Gasteiger partial charge is 0.491 e. The zero-order chi connectivity index (χ0) is 31.1. The van der Waals surface area contributed by atoms with Crippen molar-refractivity contribution in [2.45, 2.75) is 58.3 Å². The second kappa shape index (κ2) is 29.4. The van der Waals surface area contributed by atoms with Crippen molar-refractivity contribution in [2.24, 2.45) is 0 Å². The molecule has 252 valence electrons. The molecule has 43 heavy (non-hydrogen) atoms. The lowest BCUT2D eigenvalue weighted by Crippen LogP contribution is -2.15. The molecule has 0 saturated carbocycles. The van der Waals surface area contributed by atoms with Gasteiger partial charge >= 0.3 is 0 Å². The molecule has 0 unspecified atom stereocenters. The molecule has 0 fully saturated rings. The zero-order valence-electron chi connectivity index (χ0n) is 26.2. The lowest BCUT2D eigenvalue weighted by Gasteiger charge is -2.12. The Balaban J connectivity index is 1.80. The van der Waals surface area contributed by atoms with Crippen LogP contribution in [0, 0.1) is 0 Å². The van der Waals surface area contributed by atoms with E-state index >= 15 is 0 Å². The van der Waals surface area contributed by atoms with Gasteiger partial charge in [-0.15, -0.1) is 0 Å². The highest BCUT2D eigenvalue weighted by Crippen LogP contribution is 2.21. The third-order valence-electron chi connectivity index (χ3n) is 6.23. The average molecular weight is 637 g/mol. The Morgan fingerprint density at radius 2 is 0.930 bits per heavy atom. The average Bonchev–Trinajstić information content (AvgIpc) is 2.99. The number of unbranched alkanes of at least 4 members (excludes halogenated alkanes) is 6. The van der Waals surface area contributed by atoms with Gasteiger partial charge in [0.25, 0.3) is 10.1 Å².